The van der Waals surface area contributed by atoms with Crippen LogP contribution in [-0.4, -0.2) is 21.0 Å². The van der Waals surface area contributed by atoms with E-state index in [0.717, 1.165) is 11.4 Å². The maximum Gasteiger partial charge on any atom is 0.356 e. The molecule has 1 atom stereocenters. The van der Waals surface area contributed by atoms with Crippen LogP contribution in [0.2, 0.25) is 5.02 Å². The minimum Gasteiger partial charge on any atom is -0.476 e. The number of aromatic nitrogens is 2. The molecule has 0 spiro atoms. The lowest BCUT2D eigenvalue weighted by molar-refractivity contribution is 0.0691. The average Bonchev–Trinajstić information content (AvgIpc) is 2.89. The third-order valence-corrected chi connectivity index (χ3v) is 4.33. The number of carboxylic acids is 1. The van der Waals surface area contributed by atoms with Crippen LogP contribution in [0, 0.1) is 0 Å². The first-order valence-corrected chi connectivity index (χ1v) is 7.31. The Labute approximate surface area is 125 Å². The van der Waals surface area contributed by atoms with Gasteiger partial charge in [-0.25, -0.2) is 14.8 Å². The number of thiazole rings is 1. The molecule has 0 bridgehead atoms. The van der Waals surface area contributed by atoms with Crippen LogP contribution >= 0.6 is 22.9 Å². The number of nitrogens with zero attached hydrogens (tertiary/aromatic N) is 2. The zero-order valence-corrected chi connectivity index (χ0v) is 12.6. The third kappa shape index (κ3) is 3.26. The van der Waals surface area contributed by atoms with Crippen molar-refractivity contribution in [3.8, 4) is 0 Å². The molecule has 20 heavy (non-hydrogen) atoms. The van der Waals surface area contributed by atoms with E-state index < -0.39 is 5.97 Å². The molecule has 1 unspecified atom stereocenters. The predicted molar refractivity (Wildman–Crippen MR) is 79.7 cm³/mol. The number of aryl methyl sites for hydroxylation is 1. The van der Waals surface area contributed by atoms with Gasteiger partial charge in [0.2, 0.25) is 0 Å². The second-order valence-corrected chi connectivity index (χ2v) is 5.77. The maximum absolute atomic E-state index is 11.0. The number of rotatable bonds is 5. The van der Waals surface area contributed by atoms with Crippen molar-refractivity contribution in [3.05, 3.63) is 38.9 Å². The number of anilines is 1. The first kappa shape index (κ1) is 14.7. The summed E-state index contributed by atoms with van der Waals surface area (Å²) in [4.78, 5) is 20.5. The zero-order valence-electron chi connectivity index (χ0n) is 11.1. The van der Waals surface area contributed by atoms with Crippen molar-refractivity contribution < 1.29 is 9.90 Å². The summed E-state index contributed by atoms with van der Waals surface area (Å²) in [6.45, 7) is 4.03. The third-order valence-electron chi connectivity index (χ3n) is 2.70. The lowest BCUT2D eigenvalue weighted by atomic mass is 10.3. The summed E-state index contributed by atoms with van der Waals surface area (Å²) >= 11 is 7.42. The number of carboxylic acid groups (broad SMARTS) is 1. The molecule has 0 saturated heterocycles. The highest BCUT2D eigenvalue weighted by Crippen LogP contribution is 2.24. The Balaban J connectivity index is 2.17. The van der Waals surface area contributed by atoms with Crippen molar-refractivity contribution in [1.82, 2.24) is 9.97 Å². The van der Waals surface area contributed by atoms with E-state index in [0.29, 0.717) is 5.82 Å². The van der Waals surface area contributed by atoms with Gasteiger partial charge in [0.15, 0.2) is 5.69 Å². The molecule has 0 fully saturated rings. The summed E-state index contributed by atoms with van der Waals surface area (Å²) in [5.41, 5.74) is -0.155. The van der Waals surface area contributed by atoms with Gasteiger partial charge in [0, 0.05) is 11.1 Å². The molecule has 0 saturated carbocycles. The van der Waals surface area contributed by atoms with Gasteiger partial charge < -0.3 is 10.4 Å². The molecule has 0 radical (unpaired) electrons. The summed E-state index contributed by atoms with van der Waals surface area (Å²) in [5.74, 6) is -0.679. The van der Waals surface area contributed by atoms with Crippen molar-refractivity contribution in [2.45, 2.75) is 26.3 Å². The molecule has 106 valence electrons. The van der Waals surface area contributed by atoms with E-state index in [1.54, 1.807) is 17.4 Å². The number of carbonyl (C=O) groups is 1. The van der Waals surface area contributed by atoms with Crippen molar-refractivity contribution in [3.63, 3.8) is 0 Å². The summed E-state index contributed by atoms with van der Waals surface area (Å²) in [6.07, 6.45) is 2.81. The number of pyridine rings is 1. The monoisotopic (exact) mass is 311 g/mol. The highest BCUT2D eigenvalue weighted by atomic mass is 35.5. The van der Waals surface area contributed by atoms with Gasteiger partial charge >= 0.3 is 5.97 Å². The molecule has 2 aromatic rings. The van der Waals surface area contributed by atoms with Gasteiger partial charge in [-0.05, 0) is 25.5 Å². The van der Waals surface area contributed by atoms with Gasteiger partial charge in [0.1, 0.15) is 10.8 Å². The molecule has 2 heterocycles. The van der Waals surface area contributed by atoms with Gasteiger partial charge in [0.25, 0.3) is 0 Å². The molecule has 2 N–H and O–H groups in total. The molecular formula is C13H14ClN3O2S. The lowest BCUT2D eigenvalue weighted by Crippen LogP contribution is -2.10. The van der Waals surface area contributed by atoms with Crippen LogP contribution in [0.25, 0.3) is 0 Å². The Hall–Kier alpha value is -1.66. The van der Waals surface area contributed by atoms with Crippen molar-refractivity contribution >= 4 is 34.7 Å². The number of aromatic carboxylic acids is 1. The Kier molecular flexibility index (Phi) is 4.57. The highest BCUT2D eigenvalue weighted by Gasteiger charge is 2.14. The molecule has 2 rings (SSSR count). The molecular weight excluding hydrogens is 298 g/mol. The van der Waals surface area contributed by atoms with Gasteiger partial charge in [-0.1, -0.05) is 18.5 Å². The summed E-state index contributed by atoms with van der Waals surface area (Å²) in [6, 6.07) is 3.13. The van der Waals surface area contributed by atoms with E-state index >= 15 is 0 Å². The molecule has 0 aliphatic heterocycles. The van der Waals surface area contributed by atoms with Crippen molar-refractivity contribution in [2.24, 2.45) is 0 Å². The number of nitrogens with one attached hydrogen (secondary N) is 1. The molecule has 0 aliphatic rings. The fourth-order valence-corrected chi connectivity index (χ4v) is 2.69. The van der Waals surface area contributed by atoms with E-state index in [1.807, 2.05) is 13.1 Å². The SMILES string of the molecule is CCc1cnc(C(C)Nc2ccc(Cl)c(C(=O)O)n2)s1. The van der Waals surface area contributed by atoms with Crippen molar-refractivity contribution in [2.75, 3.05) is 5.32 Å². The summed E-state index contributed by atoms with van der Waals surface area (Å²) in [5, 5.41) is 13.2. The molecule has 5 nitrogen and oxygen atoms in total. The smallest absolute Gasteiger partial charge is 0.356 e. The van der Waals surface area contributed by atoms with E-state index in [9.17, 15) is 4.79 Å². The van der Waals surface area contributed by atoms with Gasteiger partial charge in [0.05, 0.1) is 11.1 Å². The molecule has 7 heteroatoms. The topological polar surface area (TPSA) is 75.1 Å². The summed E-state index contributed by atoms with van der Waals surface area (Å²) < 4.78 is 0. The van der Waals surface area contributed by atoms with Crippen LogP contribution < -0.4 is 5.32 Å². The Morgan fingerprint density at radius 2 is 2.30 bits per heavy atom. The minimum absolute atomic E-state index is 0.0457. The second-order valence-electron chi connectivity index (χ2n) is 4.22. The van der Waals surface area contributed by atoms with Crippen LogP contribution in [0.1, 0.15) is 40.3 Å². The van der Waals surface area contributed by atoms with E-state index in [1.165, 1.54) is 10.9 Å². The highest BCUT2D eigenvalue weighted by molar-refractivity contribution is 7.11. The van der Waals surface area contributed by atoms with Crippen LogP contribution in [0.4, 0.5) is 5.82 Å². The lowest BCUT2D eigenvalue weighted by Gasteiger charge is -2.12. The maximum atomic E-state index is 11.0. The van der Waals surface area contributed by atoms with E-state index in [2.05, 4.69) is 22.2 Å². The Morgan fingerprint density at radius 3 is 2.90 bits per heavy atom. The van der Waals surface area contributed by atoms with Crippen LogP contribution in [-0.2, 0) is 6.42 Å². The molecule has 2 aromatic heterocycles. The quantitative estimate of drug-likeness (QED) is 0.882. The van der Waals surface area contributed by atoms with Gasteiger partial charge in [-0.2, -0.15) is 0 Å². The normalized spacial score (nSPS) is 12.2. The Morgan fingerprint density at radius 1 is 1.55 bits per heavy atom. The van der Waals surface area contributed by atoms with Crippen LogP contribution in [0.15, 0.2) is 18.3 Å². The largest absolute Gasteiger partial charge is 0.476 e. The second kappa shape index (κ2) is 6.19. The minimum atomic E-state index is -1.14. The molecule has 0 amide bonds. The van der Waals surface area contributed by atoms with Crippen LogP contribution in [0.5, 0.6) is 0 Å². The first-order valence-electron chi connectivity index (χ1n) is 6.12. The first-order chi connectivity index (χ1) is 9.51. The summed E-state index contributed by atoms with van der Waals surface area (Å²) in [7, 11) is 0. The molecule has 0 aliphatic carbocycles. The number of halogens is 1. The van der Waals surface area contributed by atoms with E-state index in [-0.39, 0.29) is 16.8 Å². The van der Waals surface area contributed by atoms with E-state index in [4.69, 9.17) is 16.7 Å². The number of hydrogen-bond acceptors (Lipinski definition) is 5. The number of hydrogen-bond donors (Lipinski definition) is 2. The fraction of sp³-hybridized carbons (Fsp3) is 0.308. The van der Waals surface area contributed by atoms with Crippen molar-refractivity contribution in [1.29, 1.82) is 0 Å². The predicted octanol–water partition coefficient (Wildman–Crippen LogP) is 3.63. The average molecular weight is 312 g/mol. The zero-order chi connectivity index (χ0) is 14.7. The fourth-order valence-electron chi connectivity index (χ4n) is 1.64. The standard InChI is InChI=1S/C13H14ClN3O2S/c1-3-8-6-15-12(20-8)7(2)16-10-5-4-9(14)11(17-10)13(18)19/h4-7H,3H2,1-2H3,(H,16,17)(H,18,19). The van der Waals surface area contributed by atoms with Crippen LogP contribution in [0.3, 0.4) is 0 Å². The van der Waals surface area contributed by atoms with Gasteiger partial charge in [-0.15, -0.1) is 11.3 Å². The molecule has 0 aromatic carbocycles. The Bertz CT molecular complexity index is 630. The van der Waals surface area contributed by atoms with Gasteiger partial charge in [-0.3, -0.25) is 0 Å².